The maximum atomic E-state index is 6.30. The van der Waals surface area contributed by atoms with Crippen LogP contribution in [0.4, 0.5) is 0 Å². The van der Waals surface area contributed by atoms with Crippen molar-refractivity contribution in [2.45, 2.75) is 50.7 Å². The molecule has 2 aromatic carbocycles. The van der Waals surface area contributed by atoms with E-state index in [0.717, 1.165) is 24.5 Å². The molecule has 1 aliphatic carbocycles. The van der Waals surface area contributed by atoms with Crippen molar-refractivity contribution in [3.8, 4) is 11.5 Å². The highest BCUT2D eigenvalue weighted by molar-refractivity contribution is 7.10. The fourth-order valence-corrected chi connectivity index (χ4v) is 6.44. The average molecular weight is 434 g/mol. The number of benzene rings is 2. The Morgan fingerprint density at radius 3 is 2.55 bits per heavy atom. The Bertz CT molecular complexity index is 1050. The molecular weight excluding hydrogens is 402 g/mol. The Morgan fingerprint density at radius 2 is 1.90 bits per heavy atom. The van der Waals surface area contributed by atoms with E-state index in [1.165, 1.54) is 40.8 Å². The number of hydrogen-bond donors (Lipinski definition) is 0. The van der Waals surface area contributed by atoms with Gasteiger partial charge in [-0.1, -0.05) is 36.8 Å². The third-order valence-electron chi connectivity index (χ3n) is 7.30. The fourth-order valence-electron chi connectivity index (χ4n) is 5.63. The molecule has 1 aliphatic heterocycles. The molecule has 1 atom stereocenters. The maximum absolute atomic E-state index is 6.30. The van der Waals surface area contributed by atoms with Crippen molar-refractivity contribution >= 4 is 11.3 Å². The number of methoxy groups -OCH3 is 1. The smallest absolute Gasteiger partial charge is 0.162 e. The minimum Gasteiger partial charge on any atom is -0.493 e. The van der Waals surface area contributed by atoms with Crippen LogP contribution >= 0.6 is 11.3 Å². The largest absolute Gasteiger partial charge is 0.493 e. The molecule has 31 heavy (non-hydrogen) atoms. The van der Waals surface area contributed by atoms with Crippen LogP contribution in [0.25, 0.3) is 0 Å². The number of likely N-dealkylation sites (N-methyl/N-ethyl adjacent to an activating group) is 1. The number of ether oxygens (including phenoxy) is 2. The van der Waals surface area contributed by atoms with Crippen molar-refractivity contribution < 1.29 is 9.47 Å². The molecule has 2 heterocycles. The number of thiophene rings is 1. The summed E-state index contributed by atoms with van der Waals surface area (Å²) < 4.78 is 12.0. The van der Waals surface area contributed by atoms with E-state index in [-0.39, 0.29) is 5.41 Å². The van der Waals surface area contributed by atoms with E-state index in [0.29, 0.717) is 12.6 Å². The van der Waals surface area contributed by atoms with Gasteiger partial charge in [-0.15, -0.1) is 11.3 Å². The molecule has 3 aromatic rings. The van der Waals surface area contributed by atoms with Gasteiger partial charge in [0, 0.05) is 22.9 Å². The van der Waals surface area contributed by atoms with Crippen LogP contribution in [0.5, 0.6) is 11.5 Å². The summed E-state index contributed by atoms with van der Waals surface area (Å²) in [5.41, 5.74) is 5.75. The van der Waals surface area contributed by atoms with Crippen molar-refractivity contribution in [3.05, 3.63) is 81.0 Å². The zero-order chi connectivity index (χ0) is 21.4. The highest BCUT2D eigenvalue weighted by atomic mass is 32.1. The SMILES string of the molecule is COc1cc2c(cc1OCc1ccccc1)C(C1(c3ccsc3C)CCC1)N(C)CC2. The summed E-state index contributed by atoms with van der Waals surface area (Å²) in [5.74, 6) is 1.69. The lowest BCUT2D eigenvalue weighted by molar-refractivity contribution is 0.0713. The van der Waals surface area contributed by atoms with Gasteiger partial charge in [0.2, 0.25) is 0 Å². The lowest BCUT2D eigenvalue weighted by Gasteiger charge is -2.53. The van der Waals surface area contributed by atoms with E-state index in [4.69, 9.17) is 9.47 Å². The van der Waals surface area contributed by atoms with Gasteiger partial charge >= 0.3 is 0 Å². The van der Waals surface area contributed by atoms with Crippen molar-refractivity contribution in [2.24, 2.45) is 0 Å². The van der Waals surface area contributed by atoms with Gasteiger partial charge in [0.15, 0.2) is 11.5 Å². The molecule has 1 aromatic heterocycles. The van der Waals surface area contributed by atoms with E-state index < -0.39 is 0 Å². The molecule has 4 heteroatoms. The number of hydrogen-bond acceptors (Lipinski definition) is 4. The number of rotatable bonds is 6. The van der Waals surface area contributed by atoms with E-state index in [9.17, 15) is 0 Å². The average Bonchev–Trinajstić information content (AvgIpc) is 3.19. The number of nitrogens with zero attached hydrogens (tertiary/aromatic N) is 1. The van der Waals surface area contributed by atoms with E-state index in [2.05, 4.69) is 66.7 Å². The van der Waals surface area contributed by atoms with Crippen LogP contribution in [0.2, 0.25) is 0 Å². The summed E-state index contributed by atoms with van der Waals surface area (Å²) in [6, 6.07) is 17.6. The summed E-state index contributed by atoms with van der Waals surface area (Å²) in [6.45, 7) is 3.91. The minimum absolute atomic E-state index is 0.208. The first-order chi connectivity index (χ1) is 15.1. The zero-order valence-electron chi connectivity index (χ0n) is 18.7. The van der Waals surface area contributed by atoms with Gasteiger partial charge in [-0.2, -0.15) is 0 Å². The topological polar surface area (TPSA) is 21.7 Å². The lowest BCUT2D eigenvalue weighted by atomic mass is 9.57. The molecule has 162 valence electrons. The molecule has 0 bridgehead atoms. The van der Waals surface area contributed by atoms with Crippen LogP contribution in [-0.2, 0) is 18.4 Å². The van der Waals surface area contributed by atoms with Crippen molar-refractivity contribution in [2.75, 3.05) is 20.7 Å². The first kappa shape index (κ1) is 20.6. The molecule has 3 nitrogen and oxygen atoms in total. The van der Waals surface area contributed by atoms with Crippen LogP contribution in [0.3, 0.4) is 0 Å². The Balaban J connectivity index is 1.55. The third kappa shape index (κ3) is 3.56. The van der Waals surface area contributed by atoms with E-state index in [1.54, 1.807) is 12.7 Å². The number of fused-ring (bicyclic) bond motifs is 1. The Morgan fingerprint density at radius 1 is 1.10 bits per heavy atom. The summed E-state index contributed by atoms with van der Waals surface area (Å²) in [4.78, 5) is 4.04. The first-order valence-electron chi connectivity index (χ1n) is 11.2. The van der Waals surface area contributed by atoms with Crippen LogP contribution < -0.4 is 9.47 Å². The van der Waals surface area contributed by atoms with Crippen molar-refractivity contribution in [3.63, 3.8) is 0 Å². The highest BCUT2D eigenvalue weighted by Crippen LogP contribution is 2.57. The second-order valence-corrected chi connectivity index (χ2v) is 10.1. The molecule has 1 unspecified atom stereocenters. The van der Waals surface area contributed by atoms with Crippen molar-refractivity contribution in [1.82, 2.24) is 4.90 Å². The Hall–Kier alpha value is -2.30. The van der Waals surface area contributed by atoms with Gasteiger partial charge in [-0.25, -0.2) is 0 Å². The Labute approximate surface area is 189 Å². The van der Waals surface area contributed by atoms with Gasteiger partial charge in [-0.3, -0.25) is 4.90 Å². The molecular formula is C27H31NO2S. The molecule has 0 saturated heterocycles. The summed E-state index contributed by atoms with van der Waals surface area (Å²) in [6.07, 6.45) is 4.87. The summed E-state index contributed by atoms with van der Waals surface area (Å²) in [5, 5.41) is 2.26. The zero-order valence-corrected chi connectivity index (χ0v) is 19.5. The molecule has 0 N–H and O–H groups in total. The summed E-state index contributed by atoms with van der Waals surface area (Å²) in [7, 11) is 4.04. The second kappa shape index (κ2) is 8.33. The van der Waals surface area contributed by atoms with E-state index >= 15 is 0 Å². The first-order valence-corrected chi connectivity index (χ1v) is 12.1. The third-order valence-corrected chi connectivity index (χ3v) is 8.14. The minimum atomic E-state index is 0.208. The predicted molar refractivity (Wildman–Crippen MR) is 127 cm³/mol. The van der Waals surface area contributed by atoms with Gasteiger partial charge < -0.3 is 9.47 Å². The van der Waals surface area contributed by atoms with Crippen LogP contribution in [0, 0.1) is 6.92 Å². The molecule has 5 rings (SSSR count). The normalized spacial score (nSPS) is 20.0. The highest BCUT2D eigenvalue weighted by Gasteiger charge is 2.50. The van der Waals surface area contributed by atoms with Crippen molar-refractivity contribution in [1.29, 1.82) is 0 Å². The fraction of sp³-hybridized carbons (Fsp3) is 0.407. The molecule has 0 amide bonds. The molecule has 0 spiro atoms. The van der Waals surface area contributed by atoms with Gasteiger partial charge in [0.25, 0.3) is 0 Å². The predicted octanol–water partition coefficient (Wildman–Crippen LogP) is 6.30. The van der Waals surface area contributed by atoms with Gasteiger partial charge in [0.05, 0.1) is 7.11 Å². The Kier molecular flexibility index (Phi) is 5.53. The van der Waals surface area contributed by atoms with E-state index in [1.807, 2.05) is 17.4 Å². The standard InChI is InChI=1S/C27H31NO2S/c1-19-23(11-15-31-19)27(12-7-13-27)26-22-17-25(30-18-20-8-5-4-6-9-20)24(29-3)16-21(22)10-14-28(26)2/h4-6,8-9,11,15-17,26H,7,10,12-14,18H2,1-3H3. The quantitative estimate of drug-likeness (QED) is 0.456. The monoisotopic (exact) mass is 433 g/mol. The van der Waals surface area contributed by atoms with Crippen LogP contribution in [-0.4, -0.2) is 25.6 Å². The maximum Gasteiger partial charge on any atom is 0.162 e. The molecule has 0 radical (unpaired) electrons. The van der Waals surface area contributed by atoms with Crippen LogP contribution in [0.15, 0.2) is 53.9 Å². The van der Waals surface area contributed by atoms with Gasteiger partial charge in [0.1, 0.15) is 6.61 Å². The summed E-state index contributed by atoms with van der Waals surface area (Å²) >= 11 is 1.88. The second-order valence-electron chi connectivity index (χ2n) is 9.01. The molecule has 1 fully saturated rings. The molecule has 1 saturated carbocycles. The lowest BCUT2D eigenvalue weighted by Crippen LogP contribution is -2.50. The van der Waals surface area contributed by atoms with Crippen LogP contribution in [0.1, 0.15) is 52.4 Å². The number of aryl methyl sites for hydroxylation is 1. The molecule has 2 aliphatic rings. The van der Waals surface area contributed by atoms with Gasteiger partial charge in [-0.05, 0) is 79.1 Å².